The smallest absolute Gasteiger partial charge is 0.457 e. The predicted molar refractivity (Wildman–Crippen MR) is 196 cm³/mol. The summed E-state index contributed by atoms with van der Waals surface area (Å²) < 4.78 is 33.2. The number of unbranched alkanes of at least 4 members (excludes halogenated alkanes) is 11. The maximum atomic E-state index is 12.5. The van der Waals surface area contributed by atoms with Crippen molar-refractivity contribution in [3.05, 3.63) is 60.8 Å². The van der Waals surface area contributed by atoms with E-state index in [1.807, 2.05) is 0 Å². The average molecular weight is 682 g/mol. The molecule has 0 heterocycles. The molecule has 0 spiro atoms. The van der Waals surface area contributed by atoms with E-state index in [0.717, 1.165) is 77.0 Å². The summed E-state index contributed by atoms with van der Waals surface area (Å²) >= 11 is 0. The van der Waals surface area contributed by atoms with Crippen molar-refractivity contribution in [1.82, 2.24) is 0 Å². The van der Waals surface area contributed by atoms with Gasteiger partial charge in [0.05, 0.1) is 19.8 Å². The minimum Gasteiger partial charge on any atom is -0.457 e. The van der Waals surface area contributed by atoms with Crippen LogP contribution in [0.3, 0.4) is 0 Å². The van der Waals surface area contributed by atoms with Gasteiger partial charge in [-0.1, -0.05) is 120 Å². The molecule has 0 aromatic heterocycles. The van der Waals surface area contributed by atoms with Crippen LogP contribution >= 0.6 is 7.82 Å². The van der Waals surface area contributed by atoms with Gasteiger partial charge in [0.1, 0.15) is 6.10 Å². The molecular weight excluding hydrogens is 613 g/mol. The molecule has 2 atom stereocenters. The molecular formula is C38H68NO7P. The maximum Gasteiger partial charge on any atom is 0.472 e. The fourth-order valence-electron chi connectivity index (χ4n) is 4.50. The number of carbonyl (C=O) groups is 1. The Bertz CT molecular complexity index is 900. The van der Waals surface area contributed by atoms with Crippen LogP contribution in [0, 0.1) is 0 Å². The molecule has 0 amide bonds. The van der Waals surface area contributed by atoms with Crippen molar-refractivity contribution in [3.8, 4) is 0 Å². The third-order valence-electron chi connectivity index (χ3n) is 7.17. The maximum absolute atomic E-state index is 12.5. The second-order valence-electron chi connectivity index (χ2n) is 11.7. The summed E-state index contributed by atoms with van der Waals surface area (Å²) in [6, 6.07) is 0. The fraction of sp³-hybridized carbons (Fsp3) is 0.711. The molecule has 0 radical (unpaired) electrons. The quantitative estimate of drug-likeness (QED) is 0.0298. The molecule has 0 aliphatic rings. The minimum absolute atomic E-state index is 0.0906. The Morgan fingerprint density at radius 2 is 1.19 bits per heavy atom. The summed E-state index contributed by atoms with van der Waals surface area (Å²) in [4.78, 5) is 22.3. The van der Waals surface area contributed by atoms with Crippen molar-refractivity contribution < 1.29 is 32.8 Å². The van der Waals surface area contributed by atoms with Crippen LogP contribution in [0.4, 0.5) is 0 Å². The molecule has 0 aromatic carbocycles. The highest BCUT2D eigenvalue weighted by Gasteiger charge is 2.25. The van der Waals surface area contributed by atoms with Crippen molar-refractivity contribution in [2.24, 2.45) is 5.73 Å². The van der Waals surface area contributed by atoms with Crippen LogP contribution in [0.15, 0.2) is 60.8 Å². The van der Waals surface area contributed by atoms with Gasteiger partial charge >= 0.3 is 13.8 Å². The Morgan fingerprint density at radius 3 is 1.79 bits per heavy atom. The summed E-state index contributed by atoms with van der Waals surface area (Å²) in [5.41, 5.74) is 5.34. The van der Waals surface area contributed by atoms with Crippen molar-refractivity contribution in [1.29, 1.82) is 0 Å². The summed E-state index contributed by atoms with van der Waals surface area (Å²) in [6.07, 6.45) is 40.9. The lowest BCUT2D eigenvalue weighted by Crippen LogP contribution is -2.28. The molecule has 0 aliphatic carbocycles. The second kappa shape index (κ2) is 35.5. The predicted octanol–water partition coefficient (Wildman–Crippen LogP) is 10.2. The lowest BCUT2D eigenvalue weighted by atomic mass is 10.1. The molecule has 2 unspecified atom stereocenters. The molecule has 0 saturated carbocycles. The van der Waals surface area contributed by atoms with Crippen LogP contribution < -0.4 is 5.73 Å². The summed E-state index contributed by atoms with van der Waals surface area (Å²) in [5, 5.41) is 0. The molecule has 47 heavy (non-hydrogen) atoms. The van der Waals surface area contributed by atoms with Gasteiger partial charge < -0.3 is 20.1 Å². The van der Waals surface area contributed by atoms with Gasteiger partial charge in [0.15, 0.2) is 0 Å². The lowest BCUT2D eigenvalue weighted by molar-refractivity contribution is -0.154. The molecule has 272 valence electrons. The molecule has 9 heteroatoms. The Morgan fingerprint density at radius 1 is 0.660 bits per heavy atom. The van der Waals surface area contributed by atoms with Crippen LogP contribution in [-0.2, 0) is 27.9 Å². The van der Waals surface area contributed by atoms with Crippen molar-refractivity contribution >= 4 is 13.8 Å². The Labute approximate surface area is 287 Å². The molecule has 0 aliphatic heterocycles. The van der Waals surface area contributed by atoms with Gasteiger partial charge in [-0.3, -0.25) is 13.8 Å². The van der Waals surface area contributed by atoms with Gasteiger partial charge in [0.2, 0.25) is 0 Å². The van der Waals surface area contributed by atoms with E-state index in [0.29, 0.717) is 6.61 Å². The molecule has 0 bridgehead atoms. The topological polar surface area (TPSA) is 117 Å². The summed E-state index contributed by atoms with van der Waals surface area (Å²) in [6.45, 7) is 4.67. The first-order chi connectivity index (χ1) is 22.9. The molecule has 0 fully saturated rings. The highest BCUT2D eigenvalue weighted by Crippen LogP contribution is 2.43. The first-order valence-corrected chi connectivity index (χ1v) is 19.8. The highest BCUT2D eigenvalue weighted by atomic mass is 31.2. The normalized spacial score (nSPS) is 14.4. The molecule has 3 N–H and O–H groups in total. The summed E-state index contributed by atoms with van der Waals surface area (Å²) in [5.74, 6) is -0.367. The third kappa shape index (κ3) is 35.3. The van der Waals surface area contributed by atoms with Gasteiger partial charge in [-0.15, -0.1) is 0 Å². The standard InChI is InChI=1S/C38H68NO7P/c1-3-5-7-9-11-13-15-17-18-20-22-24-26-28-30-33-43-35-37(36-45-47(41,42)44-34-32-39)46-38(40)31-29-27-25-23-21-19-16-14-12-10-8-6-4-2/h6,8-9,11-12,14-15,17,19,21,37H,3-5,7,10,13,16,18,20,22-36,39H2,1-2H3,(H,41,42)/b8-6-,11-9-,14-12-,17-15-,21-19-. The van der Waals surface area contributed by atoms with Crippen molar-refractivity contribution in [3.63, 3.8) is 0 Å². The van der Waals surface area contributed by atoms with E-state index in [-0.39, 0.29) is 38.8 Å². The average Bonchev–Trinajstić information content (AvgIpc) is 3.06. The number of carbonyl (C=O) groups excluding carboxylic acids is 1. The van der Waals surface area contributed by atoms with Gasteiger partial charge in [0.25, 0.3) is 0 Å². The first-order valence-electron chi connectivity index (χ1n) is 18.3. The summed E-state index contributed by atoms with van der Waals surface area (Å²) in [7, 11) is -4.28. The SMILES string of the molecule is CC/C=C\C/C=C\C/C=C\CCCCCC(=O)OC(COCCCCCCCC/C=C\C/C=C\CCCC)COP(=O)(O)OCCN. The van der Waals surface area contributed by atoms with E-state index < -0.39 is 13.9 Å². The largest absolute Gasteiger partial charge is 0.472 e. The highest BCUT2D eigenvalue weighted by molar-refractivity contribution is 7.47. The van der Waals surface area contributed by atoms with Gasteiger partial charge in [0, 0.05) is 19.6 Å². The fourth-order valence-corrected chi connectivity index (χ4v) is 5.26. The Balaban J connectivity index is 4.19. The molecule has 0 saturated heterocycles. The van der Waals surface area contributed by atoms with Gasteiger partial charge in [-0.05, 0) is 70.6 Å². The monoisotopic (exact) mass is 681 g/mol. The third-order valence-corrected chi connectivity index (χ3v) is 8.15. The van der Waals surface area contributed by atoms with E-state index in [4.69, 9.17) is 24.3 Å². The number of hydrogen-bond donors (Lipinski definition) is 2. The van der Waals surface area contributed by atoms with Crippen LogP contribution in [0.1, 0.15) is 136 Å². The first kappa shape index (κ1) is 45.2. The number of ether oxygens (including phenoxy) is 2. The number of hydrogen-bond acceptors (Lipinski definition) is 7. The number of esters is 1. The van der Waals surface area contributed by atoms with Crippen LogP contribution in [0.5, 0.6) is 0 Å². The lowest BCUT2D eigenvalue weighted by Gasteiger charge is -2.20. The minimum atomic E-state index is -4.28. The number of allylic oxidation sites excluding steroid dienone is 10. The van der Waals surface area contributed by atoms with Crippen LogP contribution in [0.25, 0.3) is 0 Å². The zero-order chi connectivity index (χ0) is 34.5. The number of rotatable bonds is 34. The van der Waals surface area contributed by atoms with E-state index in [1.54, 1.807) is 0 Å². The molecule has 8 nitrogen and oxygen atoms in total. The van der Waals surface area contributed by atoms with Gasteiger partial charge in [-0.25, -0.2) is 4.57 Å². The Hall–Kier alpha value is -1.80. The zero-order valence-corrected chi connectivity index (χ0v) is 30.6. The molecule has 0 rings (SSSR count). The number of phosphoric ester groups is 1. The zero-order valence-electron chi connectivity index (χ0n) is 29.7. The van der Waals surface area contributed by atoms with E-state index in [9.17, 15) is 14.3 Å². The second-order valence-corrected chi connectivity index (χ2v) is 13.2. The Kier molecular flexibility index (Phi) is 34.1. The number of nitrogens with two attached hydrogens (primary N) is 1. The van der Waals surface area contributed by atoms with Crippen LogP contribution in [-0.4, -0.2) is 49.9 Å². The molecule has 0 aromatic rings. The number of phosphoric acid groups is 1. The van der Waals surface area contributed by atoms with Crippen molar-refractivity contribution in [2.45, 2.75) is 142 Å². The van der Waals surface area contributed by atoms with E-state index >= 15 is 0 Å². The van der Waals surface area contributed by atoms with Crippen molar-refractivity contribution in [2.75, 3.05) is 33.0 Å². The van der Waals surface area contributed by atoms with Crippen LogP contribution in [0.2, 0.25) is 0 Å². The van der Waals surface area contributed by atoms with E-state index in [1.165, 1.54) is 38.5 Å². The van der Waals surface area contributed by atoms with E-state index in [2.05, 4.69) is 74.6 Å². The van der Waals surface area contributed by atoms with Gasteiger partial charge in [-0.2, -0.15) is 0 Å².